The molecule has 0 fully saturated rings. The molecule has 8 nitrogen and oxygen atoms in total. The highest BCUT2D eigenvalue weighted by Crippen LogP contribution is 2.28. The van der Waals surface area contributed by atoms with Crippen LogP contribution in [0.15, 0.2) is 17.0 Å². The van der Waals surface area contributed by atoms with Gasteiger partial charge in [0.15, 0.2) is 0 Å². The first-order valence-corrected chi connectivity index (χ1v) is 7.64. The molecule has 0 aliphatic carbocycles. The largest absolute Gasteiger partial charge is 0.478 e. The summed E-state index contributed by atoms with van der Waals surface area (Å²) in [6.07, 6.45) is 0. The monoisotopic (exact) mass is 355 g/mol. The molecule has 0 atom stereocenters. The van der Waals surface area contributed by atoms with E-state index in [0.717, 1.165) is 12.1 Å². The average Bonchev–Trinajstić information content (AvgIpc) is 2.33. The fraction of sp³-hybridized carbons (Fsp3) is 0.200. The SMILES string of the molecule is NC(=O)NCCNS(=O)(=O)c1cc(C(=O)O)c(Cl)cc1Cl. The summed E-state index contributed by atoms with van der Waals surface area (Å²) in [5.41, 5.74) is 4.43. The first kappa shape index (κ1) is 17.5. The Kier molecular flexibility index (Phi) is 5.78. The van der Waals surface area contributed by atoms with Gasteiger partial charge in [0, 0.05) is 13.1 Å². The van der Waals surface area contributed by atoms with Crippen molar-refractivity contribution in [3.05, 3.63) is 27.7 Å². The van der Waals surface area contributed by atoms with Crippen molar-refractivity contribution in [3.8, 4) is 0 Å². The Morgan fingerprint density at radius 3 is 2.33 bits per heavy atom. The normalized spacial score (nSPS) is 11.1. The molecule has 1 aromatic carbocycles. The number of carboxylic acid groups (broad SMARTS) is 1. The van der Waals surface area contributed by atoms with E-state index in [4.69, 9.17) is 34.0 Å². The van der Waals surface area contributed by atoms with Crippen molar-refractivity contribution in [1.82, 2.24) is 10.0 Å². The Hall–Kier alpha value is -1.55. The maximum atomic E-state index is 12.0. The summed E-state index contributed by atoms with van der Waals surface area (Å²) in [6, 6.07) is 1.09. The second-order valence-electron chi connectivity index (χ2n) is 3.76. The molecular formula is C10H11Cl2N3O5S. The van der Waals surface area contributed by atoms with Gasteiger partial charge in [-0.25, -0.2) is 22.7 Å². The Morgan fingerprint density at radius 1 is 1.19 bits per heavy atom. The van der Waals surface area contributed by atoms with Crippen molar-refractivity contribution in [3.63, 3.8) is 0 Å². The lowest BCUT2D eigenvalue weighted by Crippen LogP contribution is -2.37. The lowest BCUT2D eigenvalue weighted by Gasteiger charge is -2.10. The summed E-state index contributed by atoms with van der Waals surface area (Å²) in [4.78, 5) is 21.0. The highest BCUT2D eigenvalue weighted by atomic mass is 35.5. The molecular weight excluding hydrogens is 345 g/mol. The van der Waals surface area contributed by atoms with Gasteiger partial charge < -0.3 is 16.2 Å². The van der Waals surface area contributed by atoms with Crippen molar-refractivity contribution in [2.75, 3.05) is 13.1 Å². The number of urea groups is 1. The second kappa shape index (κ2) is 6.94. The number of halogens is 2. The highest BCUT2D eigenvalue weighted by Gasteiger charge is 2.22. The van der Waals surface area contributed by atoms with Crippen LogP contribution in [0, 0.1) is 0 Å². The third-order valence-electron chi connectivity index (χ3n) is 2.26. The van der Waals surface area contributed by atoms with E-state index >= 15 is 0 Å². The molecule has 0 unspecified atom stereocenters. The van der Waals surface area contributed by atoms with Crippen molar-refractivity contribution in [1.29, 1.82) is 0 Å². The predicted molar refractivity (Wildman–Crippen MR) is 76.2 cm³/mol. The zero-order valence-electron chi connectivity index (χ0n) is 10.4. The second-order valence-corrected chi connectivity index (χ2v) is 6.31. The van der Waals surface area contributed by atoms with Crippen LogP contribution >= 0.6 is 23.2 Å². The standard InChI is InChI=1S/C10H11Cl2N3O5S/c11-6-4-7(12)8(3-5(6)9(16)17)21(19,20)15-2-1-14-10(13)18/h3-4,15H,1-2H2,(H,16,17)(H3,13,14,18). The topological polar surface area (TPSA) is 139 Å². The van der Waals surface area contributed by atoms with E-state index in [1.54, 1.807) is 0 Å². The van der Waals surface area contributed by atoms with Crippen molar-refractivity contribution in [2.45, 2.75) is 4.90 Å². The number of benzene rings is 1. The highest BCUT2D eigenvalue weighted by molar-refractivity contribution is 7.89. The van der Waals surface area contributed by atoms with Gasteiger partial charge in [-0.1, -0.05) is 23.2 Å². The number of amides is 2. The number of carbonyl (C=O) groups is 2. The molecule has 2 amide bonds. The number of sulfonamides is 1. The van der Waals surface area contributed by atoms with Crippen LogP contribution in [0.1, 0.15) is 10.4 Å². The maximum absolute atomic E-state index is 12.0. The Bertz CT molecular complexity index is 678. The fourth-order valence-corrected chi connectivity index (χ4v) is 3.23. The summed E-state index contributed by atoms with van der Waals surface area (Å²) >= 11 is 11.4. The van der Waals surface area contributed by atoms with Crippen LogP contribution in [0.2, 0.25) is 10.0 Å². The van der Waals surface area contributed by atoms with E-state index in [1.807, 2.05) is 0 Å². The number of primary amides is 1. The number of hydrogen-bond acceptors (Lipinski definition) is 4. The van der Waals surface area contributed by atoms with Crippen LogP contribution in [0.4, 0.5) is 4.79 Å². The first-order valence-electron chi connectivity index (χ1n) is 5.40. The van der Waals surface area contributed by atoms with Crippen LogP contribution in [0.25, 0.3) is 0 Å². The molecule has 0 heterocycles. The Balaban J connectivity index is 3.00. The lowest BCUT2D eigenvalue weighted by atomic mass is 10.2. The van der Waals surface area contributed by atoms with Gasteiger partial charge in [-0.3, -0.25) is 0 Å². The van der Waals surface area contributed by atoms with Gasteiger partial charge in [0.2, 0.25) is 10.0 Å². The Labute approximate surface area is 130 Å². The smallest absolute Gasteiger partial charge is 0.337 e. The molecule has 11 heteroatoms. The number of carboxylic acids is 1. The maximum Gasteiger partial charge on any atom is 0.337 e. The van der Waals surface area contributed by atoms with E-state index in [0.29, 0.717) is 0 Å². The van der Waals surface area contributed by atoms with Gasteiger partial charge in [0.05, 0.1) is 15.6 Å². The molecule has 0 aromatic heterocycles. The molecule has 0 radical (unpaired) electrons. The number of nitrogens with one attached hydrogen (secondary N) is 2. The third kappa shape index (κ3) is 4.74. The van der Waals surface area contributed by atoms with Crippen LogP contribution in [-0.4, -0.2) is 38.6 Å². The van der Waals surface area contributed by atoms with E-state index in [9.17, 15) is 18.0 Å². The predicted octanol–water partition coefficient (Wildman–Crippen LogP) is 0.638. The lowest BCUT2D eigenvalue weighted by molar-refractivity contribution is 0.0697. The summed E-state index contributed by atoms with van der Waals surface area (Å²) in [6.45, 7) is -0.182. The van der Waals surface area contributed by atoms with Gasteiger partial charge in [0.25, 0.3) is 0 Å². The van der Waals surface area contributed by atoms with Gasteiger partial charge in [-0.05, 0) is 12.1 Å². The summed E-state index contributed by atoms with van der Waals surface area (Å²) in [5, 5.41) is 10.7. The summed E-state index contributed by atoms with van der Waals surface area (Å²) in [7, 11) is -4.06. The zero-order valence-corrected chi connectivity index (χ0v) is 12.7. The quantitative estimate of drug-likeness (QED) is 0.554. The molecule has 0 bridgehead atoms. The van der Waals surface area contributed by atoms with Crippen molar-refractivity contribution < 1.29 is 23.1 Å². The van der Waals surface area contributed by atoms with E-state index in [-0.39, 0.29) is 23.1 Å². The average molecular weight is 356 g/mol. The molecule has 0 saturated heterocycles. The minimum atomic E-state index is -4.06. The number of hydrogen-bond donors (Lipinski definition) is 4. The van der Waals surface area contributed by atoms with Crippen LogP contribution in [-0.2, 0) is 10.0 Å². The van der Waals surface area contributed by atoms with E-state index < -0.39 is 32.5 Å². The van der Waals surface area contributed by atoms with Gasteiger partial charge >= 0.3 is 12.0 Å². The van der Waals surface area contributed by atoms with Gasteiger partial charge in [-0.15, -0.1) is 0 Å². The van der Waals surface area contributed by atoms with Crippen LogP contribution in [0.3, 0.4) is 0 Å². The van der Waals surface area contributed by atoms with Gasteiger partial charge in [-0.2, -0.15) is 0 Å². The molecule has 1 aromatic rings. The third-order valence-corrected chi connectivity index (χ3v) is 4.50. The molecule has 1 rings (SSSR count). The molecule has 0 spiro atoms. The van der Waals surface area contributed by atoms with Crippen molar-refractivity contribution >= 4 is 45.2 Å². The molecule has 21 heavy (non-hydrogen) atoms. The minimum Gasteiger partial charge on any atom is -0.478 e. The molecule has 0 aliphatic rings. The number of carbonyl (C=O) groups excluding carboxylic acids is 1. The molecule has 0 saturated carbocycles. The summed E-state index contributed by atoms with van der Waals surface area (Å²) < 4.78 is 26.2. The number of rotatable bonds is 6. The van der Waals surface area contributed by atoms with Crippen LogP contribution in [0.5, 0.6) is 0 Å². The molecule has 5 N–H and O–H groups in total. The number of nitrogens with two attached hydrogens (primary N) is 1. The van der Waals surface area contributed by atoms with E-state index in [1.165, 1.54) is 0 Å². The van der Waals surface area contributed by atoms with Crippen LogP contribution < -0.4 is 15.8 Å². The van der Waals surface area contributed by atoms with Crippen molar-refractivity contribution in [2.24, 2.45) is 5.73 Å². The first-order chi connectivity index (χ1) is 9.65. The Morgan fingerprint density at radius 2 is 1.81 bits per heavy atom. The van der Waals surface area contributed by atoms with E-state index in [2.05, 4.69) is 10.0 Å². The summed E-state index contributed by atoms with van der Waals surface area (Å²) in [5.74, 6) is -1.39. The molecule has 116 valence electrons. The fourth-order valence-electron chi connectivity index (χ4n) is 1.35. The number of aromatic carboxylic acids is 1. The zero-order chi connectivity index (χ0) is 16.2. The minimum absolute atomic E-state index is 0.0362. The molecule has 0 aliphatic heterocycles. The van der Waals surface area contributed by atoms with Gasteiger partial charge in [0.1, 0.15) is 4.90 Å².